The number of fused-ring (bicyclic) bond motifs is 1. The maximum absolute atomic E-state index is 11.7. The summed E-state index contributed by atoms with van der Waals surface area (Å²) in [7, 11) is 3.91. The van der Waals surface area contributed by atoms with Crippen LogP contribution in [0.5, 0.6) is 0 Å². The second-order valence-corrected chi connectivity index (χ2v) is 7.93. The van der Waals surface area contributed by atoms with Crippen LogP contribution in [-0.4, -0.2) is 87.3 Å². The molecule has 0 aromatic heterocycles. The Morgan fingerprint density at radius 3 is 1.71 bits per heavy atom. The quantitative estimate of drug-likeness (QED) is 0.382. The third kappa shape index (κ3) is 15.3. The lowest BCUT2D eigenvalue weighted by molar-refractivity contribution is -0.134. The van der Waals surface area contributed by atoms with Crippen molar-refractivity contribution < 1.29 is 28.8 Å². The molecule has 2 rings (SSSR count). The molecule has 2 amide bonds. The van der Waals surface area contributed by atoms with E-state index in [0.717, 1.165) is 6.54 Å². The van der Waals surface area contributed by atoms with E-state index in [0.29, 0.717) is 36.5 Å². The predicted octanol–water partition coefficient (Wildman–Crippen LogP) is 2.53. The number of carboxylic acid groups (broad SMARTS) is 2. The largest absolute Gasteiger partial charge is 0.478 e. The van der Waals surface area contributed by atoms with Crippen LogP contribution in [0.1, 0.15) is 13.8 Å². The standard InChI is InChI=1S/C10H21N3O2S.C10H8.C4H4O4/c1-9(2)13(7-8-16-15)10(14)11-5-6-12(3)4;1-2-6-10-8-4-3-7-9(10)5-1;5-3(6)1-2-4(7)8/h8-9H,5-7H2,1-4H3,(H,11,14);1-8H;1-2H,(H,5,6)(H,7,8). The average molecular weight is 492 g/mol. The van der Waals surface area contributed by atoms with Crippen LogP contribution in [0.3, 0.4) is 0 Å². The fourth-order valence-corrected chi connectivity index (χ4v) is 2.62. The van der Waals surface area contributed by atoms with Crippen LogP contribution in [-0.2, 0) is 20.8 Å². The van der Waals surface area contributed by atoms with Gasteiger partial charge in [0.25, 0.3) is 0 Å². The van der Waals surface area contributed by atoms with Gasteiger partial charge in [-0.05, 0) is 38.7 Å². The van der Waals surface area contributed by atoms with Gasteiger partial charge in [0.05, 0.1) is 17.8 Å². The maximum atomic E-state index is 11.7. The van der Waals surface area contributed by atoms with Gasteiger partial charge in [-0.2, -0.15) is 0 Å². The Labute approximate surface area is 203 Å². The van der Waals surface area contributed by atoms with Gasteiger partial charge < -0.3 is 25.3 Å². The minimum absolute atomic E-state index is 0.0859. The number of hydrogen-bond acceptors (Lipinski definition) is 5. The zero-order chi connectivity index (χ0) is 25.9. The molecule has 0 aliphatic heterocycles. The summed E-state index contributed by atoms with van der Waals surface area (Å²) in [6.45, 7) is 5.64. The van der Waals surface area contributed by atoms with Crippen molar-refractivity contribution in [1.82, 2.24) is 15.1 Å². The highest BCUT2D eigenvalue weighted by atomic mass is 32.1. The normalized spacial score (nSPS) is 10.1. The summed E-state index contributed by atoms with van der Waals surface area (Å²) in [6.07, 6.45) is 1.12. The molecule has 0 unspecified atom stereocenters. The van der Waals surface area contributed by atoms with Crippen molar-refractivity contribution >= 4 is 45.4 Å². The number of carbonyl (C=O) groups excluding carboxylic acids is 1. The highest BCUT2D eigenvalue weighted by molar-refractivity contribution is 7.64. The molecule has 2 aromatic carbocycles. The molecule has 0 aliphatic carbocycles. The highest BCUT2D eigenvalue weighted by Crippen LogP contribution is 2.11. The van der Waals surface area contributed by atoms with Crippen molar-refractivity contribution in [3.8, 4) is 0 Å². The van der Waals surface area contributed by atoms with Gasteiger partial charge >= 0.3 is 18.0 Å². The third-order valence-corrected chi connectivity index (χ3v) is 4.37. The van der Waals surface area contributed by atoms with Crippen LogP contribution < -0.4 is 5.32 Å². The van der Waals surface area contributed by atoms with E-state index < -0.39 is 11.9 Å². The Morgan fingerprint density at radius 1 is 0.941 bits per heavy atom. The Balaban J connectivity index is 0.000000515. The van der Waals surface area contributed by atoms with E-state index in [4.69, 9.17) is 10.2 Å². The van der Waals surface area contributed by atoms with Crippen molar-refractivity contribution in [2.75, 3.05) is 33.7 Å². The monoisotopic (exact) mass is 491 g/mol. The summed E-state index contributed by atoms with van der Waals surface area (Å²) in [5.41, 5.74) is 0. The number of nitrogens with one attached hydrogen (secondary N) is 1. The smallest absolute Gasteiger partial charge is 0.328 e. The Hall–Kier alpha value is -3.50. The van der Waals surface area contributed by atoms with Crippen LogP contribution in [0, 0.1) is 0 Å². The van der Waals surface area contributed by atoms with Gasteiger partial charge in [-0.15, -0.1) is 0 Å². The lowest BCUT2D eigenvalue weighted by atomic mass is 10.1. The van der Waals surface area contributed by atoms with Crippen molar-refractivity contribution in [2.24, 2.45) is 0 Å². The number of likely N-dealkylation sites (N-methyl/N-ethyl adjacent to an activating group) is 1. The fourth-order valence-electron chi connectivity index (χ4n) is 2.40. The zero-order valence-electron chi connectivity index (χ0n) is 19.9. The van der Waals surface area contributed by atoms with Gasteiger partial charge in [-0.1, -0.05) is 48.5 Å². The second kappa shape index (κ2) is 18.0. The summed E-state index contributed by atoms with van der Waals surface area (Å²) >= 11 is 0.389. The van der Waals surface area contributed by atoms with Crippen LogP contribution in [0.2, 0.25) is 0 Å². The lowest BCUT2D eigenvalue weighted by Gasteiger charge is -2.25. The van der Waals surface area contributed by atoms with E-state index in [2.05, 4.69) is 53.8 Å². The zero-order valence-corrected chi connectivity index (χ0v) is 20.7. The second-order valence-electron chi connectivity index (χ2n) is 7.40. The third-order valence-electron chi connectivity index (χ3n) is 4.09. The molecule has 0 saturated carbocycles. The minimum atomic E-state index is -1.26. The van der Waals surface area contributed by atoms with Crippen molar-refractivity contribution in [3.05, 3.63) is 60.7 Å². The highest BCUT2D eigenvalue weighted by Gasteiger charge is 2.14. The summed E-state index contributed by atoms with van der Waals surface area (Å²) in [5.74, 6) is -2.51. The summed E-state index contributed by atoms with van der Waals surface area (Å²) in [6, 6.07) is 16.7. The van der Waals surface area contributed by atoms with Crippen LogP contribution in [0.4, 0.5) is 4.79 Å². The Bertz CT molecular complexity index is 906. The Kier molecular flexibility index (Phi) is 16.1. The molecule has 0 heterocycles. The molecule has 9 nitrogen and oxygen atoms in total. The van der Waals surface area contributed by atoms with Gasteiger partial charge in [0.1, 0.15) is 0 Å². The molecule has 0 spiro atoms. The van der Waals surface area contributed by atoms with Crippen molar-refractivity contribution in [1.29, 1.82) is 0 Å². The number of hydrogen-bond donors (Lipinski definition) is 3. The first-order valence-corrected chi connectivity index (χ1v) is 11.3. The van der Waals surface area contributed by atoms with Crippen molar-refractivity contribution in [2.45, 2.75) is 19.9 Å². The molecular weight excluding hydrogens is 458 g/mol. The van der Waals surface area contributed by atoms with Crippen LogP contribution in [0.15, 0.2) is 60.7 Å². The molecule has 0 atom stereocenters. The maximum Gasteiger partial charge on any atom is 0.328 e. The van der Waals surface area contributed by atoms with Gasteiger partial charge in [0.2, 0.25) is 0 Å². The average Bonchev–Trinajstić information content (AvgIpc) is 2.78. The van der Waals surface area contributed by atoms with Gasteiger partial charge in [0.15, 0.2) is 0 Å². The van der Waals surface area contributed by atoms with E-state index in [1.807, 2.05) is 32.8 Å². The Morgan fingerprint density at radius 2 is 1.38 bits per heavy atom. The van der Waals surface area contributed by atoms with E-state index in [9.17, 15) is 18.6 Å². The molecule has 0 radical (unpaired) electrons. The number of urea groups is 1. The van der Waals surface area contributed by atoms with Crippen LogP contribution in [0.25, 0.3) is 10.8 Å². The number of carboxylic acids is 2. The number of amides is 2. The molecule has 3 N–H and O–H groups in total. The predicted molar refractivity (Wildman–Crippen MR) is 136 cm³/mol. The lowest BCUT2D eigenvalue weighted by Crippen LogP contribution is -2.46. The van der Waals surface area contributed by atoms with E-state index >= 15 is 0 Å². The van der Waals surface area contributed by atoms with Gasteiger partial charge in [-0.3, -0.25) is 0 Å². The molecule has 186 valence electrons. The molecule has 0 saturated heterocycles. The number of aliphatic carboxylic acids is 2. The molecule has 0 fully saturated rings. The fraction of sp³-hybridized carbons (Fsp3) is 0.333. The molecule has 34 heavy (non-hydrogen) atoms. The first-order valence-electron chi connectivity index (χ1n) is 10.5. The summed E-state index contributed by atoms with van der Waals surface area (Å²) in [5, 5.41) is 22.5. The number of carbonyl (C=O) groups is 3. The SMILES string of the molecule is CC(C)N(CC=S=O)C(=O)NCCN(C)C.O=C(O)C=CC(=O)O.c1ccc2ccccc2c1. The van der Waals surface area contributed by atoms with Gasteiger partial charge in [0, 0.05) is 36.7 Å². The molecule has 0 aliphatic rings. The first-order chi connectivity index (χ1) is 16.1. The molecule has 10 heteroatoms. The number of benzene rings is 2. The molecule has 0 bridgehead atoms. The van der Waals surface area contributed by atoms with Crippen LogP contribution >= 0.6 is 0 Å². The van der Waals surface area contributed by atoms with E-state index in [1.54, 1.807) is 4.90 Å². The first kappa shape index (κ1) is 30.5. The van der Waals surface area contributed by atoms with E-state index in [1.165, 1.54) is 16.1 Å². The molecular formula is C24H33N3O6S. The summed E-state index contributed by atoms with van der Waals surface area (Å²) in [4.78, 5) is 34.5. The van der Waals surface area contributed by atoms with E-state index in [-0.39, 0.29) is 12.1 Å². The topological polar surface area (TPSA) is 127 Å². The minimum Gasteiger partial charge on any atom is -0.478 e. The number of rotatable bonds is 8. The summed E-state index contributed by atoms with van der Waals surface area (Å²) < 4.78 is 10.3. The number of nitrogens with zero attached hydrogens (tertiary/aromatic N) is 2. The van der Waals surface area contributed by atoms with Crippen molar-refractivity contribution in [3.63, 3.8) is 0 Å². The van der Waals surface area contributed by atoms with Gasteiger partial charge in [-0.25, -0.2) is 18.6 Å². The molecule has 2 aromatic rings.